The molecule has 6 nitrogen and oxygen atoms in total. The molecule has 100 valence electrons. The van der Waals surface area contributed by atoms with Crippen LogP contribution in [0, 0.1) is 0 Å². The van der Waals surface area contributed by atoms with Crippen LogP contribution in [0.25, 0.3) is 44.4 Å². The molecule has 0 spiro atoms. The van der Waals surface area contributed by atoms with Gasteiger partial charge in [-0.15, -0.1) is 0 Å². The average Bonchev–Trinajstić information content (AvgIpc) is 3.21. The molecule has 2 aromatic carbocycles. The first kappa shape index (κ1) is 10.9. The van der Waals surface area contributed by atoms with Crippen molar-refractivity contribution >= 4 is 44.7 Å². The third-order valence-corrected chi connectivity index (χ3v) is 4.12. The largest absolute Gasteiger partial charge is 0.338 e. The average molecular weight is 292 g/mol. The third-order valence-electron chi connectivity index (χ3n) is 3.56. The Hall–Kier alpha value is -2.80. The predicted molar refractivity (Wildman–Crippen MR) is 82.2 cm³/mol. The fraction of sp³-hybridized carbons (Fsp3) is 0. The van der Waals surface area contributed by atoms with Gasteiger partial charge in [-0.1, -0.05) is 0 Å². The molecule has 3 aromatic heterocycles. The van der Waals surface area contributed by atoms with Gasteiger partial charge in [0.25, 0.3) is 0 Å². The maximum Gasteiger partial charge on any atom is 0.138 e. The molecule has 3 heterocycles. The second-order valence-corrected chi connectivity index (χ2v) is 5.39. The molecule has 0 aliphatic carbocycles. The molecular weight excluding hydrogens is 284 g/mol. The Kier molecular flexibility index (Phi) is 2.01. The van der Waals surface area contributed by atoms with Crippen LogP contribution >= 0.6 is 11.7 Å². The third kappa shape index (κ3) is 1.58. The Balaban J connectivity index is 1.75. The molecule has 0 saturated heterocycles. The zero-order chi connectivity index (χ0) is 13.8. The number of hydrogen-bond acceptors (Lipinski definition) is 5. The van der Waals surface area contributed by atoms with Crippen LogP contribution in [-0.4, -0.2) is 28.9 Å². The Bertz CT molecular complexity index is 1050. The number of nitrogens with zero attached hydrogens (tertiary/aromatic N) is 4. The molecule has 21 heavy (non-hydrogen) atoms. The second-order valence-electron chi connectivity index (χ2n) is 4.87. The van der Waals surface area contributed by atoms with E-state index < -0.39 is 0 Å². The van der Waals surface area contributed by atoms with Crippen LogP contribution in [0.5, 0.6) is 0 Å². The maximum absolute atomic E-state index is 4.66. The number of fused-ring (bicyclic) bond motifs is 3. The van der Waals surface area contributed by atoms with Crippen molar-refractivity contribution in [3.05, 3.63) is 36.5 Å². The van der Waals surface area contributed by atoms with Crippen molar-refractivity contribution in [2.75, 3.05) is 0 Å². The van der Waals surface area contributed by atoms with Gasteiger partial charge in [-0.3, -0.25) is 5.10 Å². The highest BCUT2D eigenvalue weighted by molar-refractivity contribution is 7.00. The van der Waals surface area contributed by atoms with Crippen LogP contribution in [0.15, 0.2) is 36.5 Å². The van der Waals surface area contributed by atoms with Crippen LogP contribution in [0.4, 0.5) is 0 Å². The number of rotatable bonds is 1. The molecule has 0 aliphatic heterocycles. The SMILES string of the molecule is c1cc2nsnc2cc1-c1nc2cc3c[nH]nc3cc2[nH]1. The minimum absolute atomic E-state index is 0.830. The number of benzene rings is 2. The van der Waals surface area contributed by atoms with Gasteiger partial charge in [-0.2, -0.15) is 13.8 Å². The normalized spacial score (nSPS) is 11.8. The van der Waals surface area contributed by atoms with Gasteiger partial charge in [0.15, 0.2) is 0 Å². The van der Waals surface area contributed by atoms with Gasteiger partial charge in [0, 0.05) is 17.1 Å². The van der Waals surface area contributed by atoms with E-state index in [2.05, 4.69) is 28.9 Å². The molecule has 0 unspecified atom stereocenters. The first-order chi connectivity index (χ1) is 10.4. The highest BCUT2D eigenvalue weighted by atomic mass is 32.1. The maximum atomic E-state index is 4.66. The zero-order valence-electron chi connectivity index (χ0n) is 10.7. The van der Waals surface area contributed by atoms with Crippen molar-refractivity contribution in [3.63, 3.8) is 0 Å². The smallest absolute Gasteiger partial charge is 0.138 e. The van der Waals surface area contributed by atoms with Crippen LogP contribution < -0.4 is 0 Å². The van der Waals surface area contributed by atoms with E-state index in [4.69, 9.17) is 0 Å². The van der Waals surface area contributed by atoms with E-state index in [0.717, 1.165) is 44.4 Å². The summed E-state index contributed by atoms with van der Waals surface area (Å²) in [5, 5.41) is 8.11. The number of aromatic amines is 2. The predicted octanol–water partition coefficient (Wildman–Crippen LogP) is 3.11. The van der Waals surface area contributed by atoms with Gasteiger partial charge >= 0.3 is 0 Å². The Morgan fingerprint density at radius 3 is 2.86 bits per heavy atom. The van der Waals surface area contributed by atoms with E-state index in [9.17, 15) is 0 Å². The summed E-state index contributed by atoms with van der Waals surface area (Å²) < 4.78 is 8.48. The minimum Gasteiger partial charge on any atom is -0.338 e. The number of imidazole rings is 1. The van der Waals surface area contributed by atoms with E-state index >= 15 is 0 Å². The lowest BCUT2D eigenvalue weighted by molar-refractivity contribution is 1.12. The topological polar surface area (TPSA) is 83.1 Å². The van der Waals surface area contributed by atoms with E-state index in [1.165, 1.54) is 11.7 Å². The lowest BCUT2D eigenvalue weighted by Gasteiger charge is -1.95. The fourth-order valence-electron chi connectivity index (χ4n) is 2.51. The van der Waals surface area contributed by atoms with E-state index in [1.807, 2.05) is 36.5 Å². The Morgan fingerprint density at radius 2 is 1.86 bits per heavy atom. The van der Waals surface area contributed by atoms with Gasteiger partial charge < -0.3 is 4.98 Å². The summed E-state index contributed by atoms with van der Waals surface area (Å²) in [6, 6.07) is 10.0. The second kappa shape index (κ2) is 3.86. The molecule has 7 heteroatoms. The van der Waals surface area contributed by atoms with Gasteiger partial charge in [-0.05, 0) is 30.3 Å². The number of aromatic nitrogens is 6. The van der Waals surface area contributed by atoms with Crippen LogP contribution in [-0.2, 0) is 0 Å². The molecule has 5 rings (SSSR count). The van der Waals surface area contributed by atoms with Crippen molar-refractivity contribution in [3.8, 4) is 11.4 Å². The molecule has 2 N–H and O–H groups in total. The van der Waals surface area contributed by atoms with Crippen LogP contribution in [0.1, 0.15) is 0 Å². The van der Waals surface area contributed by atoms with Crippen molar-refractivity contribution in [1.82, 2.24) is 28.9 Å². The molecule has 0 amide bonds. The van der Waals surface area contributed by atoms with Crippen molar-refractivity contribution in [1.29, 1.82) is 0 Å². The van der Waals surface area contributed by atoms with E-state index in [-0.39, 0.29) is 0 Å². The number of hydrogen-bond donors (Lipinski definition) is 2. The van der Waals surface area contributed by atoms with Gasteiger partial charge in [0.05, 0.1) is 28.3 Å². The Morgan fingerprint density at radius 1 is 0.905 bits per heavy atom. The lowest BCUT2D eigenvalue weighted by Crippen LogP contribution is -1.80. The van der Waals surface area contributed by atoms with E-state index in [0.29, 0.717) is 0 Å². The fourth-order valence-corrected chi connectivity index (χ4v) is 3.03. The monoisotopic (exact) mass is 292 g/mol. The Labute approximate surface area is 122 Å². The number of nitrogens with one attached hydrogen (secondary N) is 2. The van der Waals surface area contributed by atoms with Crippen LogP contribution in [0.3, 0.4) is 0 Å². The van der Waals surface area contributed by atoms with E-state index in [1.54, 1.807) is 0 Å². The van der Waals surface area contributed by atoms with Crippen molar-refractivity contribution in [2.45, 2.75) is 0 Å². The summed E-state index contributed by atoms with van der Waals surface area (Å²) in [6.07, 6.45) is 1.87. The van der Waals surface area contributed by atoms with Crippen LogP contribution in [0.2, 0.25) is 0 Å². The van der Waals surface area contributed by atoms with Crippen molar-refractivity contribution < 1.29 is 0 Å². The summed E-state index contributed by atoms with van der Waals surface area (Å²) >= 11 is 1.22. The minimum atomic E-state index is 0.830. The molecular formula is C14H8N6S. The molecule has 0 aliphatic rings. The quantitative estimate of drug-likeness (QED) is 0.497. The highest BCUT2D eigenvalue weighted by Crippen LogP contribution is 2.25. The summed E-state index contributed by atoms with van der Waals surface area (Å²) in [7, 11) is 0. The first-order valence-electron chi connectivity index (χ1n) is 6.43. The highest BCUT2D eigenvalue weighted by Gasteiger charge is 2.09. The van der Waals surface area contributed by atoms with Gasteiger partial charge in [-0.25, -0.2) is 4.98 Å². The summed E-state index contributed by atoms with van der Waals surface area (Å²) in [5.41, 5.74) is 5.64. The van der Waals surface area contributed by atoms with Crippen molar-refractivity contribution in [2.24, 2.45) is 0 Å². The van der Waals surface area contributed by atoms with Gasteiger partial charge in [0.1, 0.15) is 16.9 Å². The number of H-pyrrole nitrogens is 2. The molecule has 0 radical (unpaired) electrons. The molecule has 5 aromatic rings. The lowest BCUT2D eigenvalue weighted by atomic mass is 10.2. The standard InChI is InChI=1S/C14H8N6S/c1-2-9-13(20-21-19-9)3-7(1)14-16-11-4-8-6-15-18-10(8)5-12(11)17-14/h1-6H,(H,15,18)(H,16,17). The summed E-state index contributed by atoms with van der Waals surface area (Å²) in [4.78, 5) is 8.00. The molecule has 0 bridgehead atoms. The summed E-state index contributed by atoms with van der Waals surface area (Å²) in [6.45, 7) is 0. The molecule has 0 saturated carbocycles. The molecule has 0 fully saturated rings. The first-order valence-corrected chi connectivity index (χ1v) is 7.16. The van der Waals surface area contributed by atoms with Gasteiger partial charge in [0.2, 0.25) is 0 Å². The zero-order valence-corrected chi connectivity index (χ0v) is 11.5. The summed E-state index contributed by atoms with van der Waals surface area (Å²) in [5.74, 6) is 0.830. The molecule has 0 atom stereocenters.